The number of ether oxygens (including phenoxy) is 2. The number of aliphatic hydroxyl groups is 1. The molecule has 1 unspecified atom stereocenters. The molecule has 16 heavy (non-hydrogen) atoms. The Bertz CT molecular complexity index is 328. The van der Waals surface area contributed by atoms with Crippen molar-refractivity contribution in [2.45, 2.75) is 12.5 Å². The lowest BCUT2D eigenvalue weighted by molar-refractivity contribution is 0.173. The van der Waals surface area contributed by atoms with Crippen LogP contribution in [-0.2, 0) is 6.42 Å². The Morgan fingerprint density at radius 3 is 2.62 bits per heavy atom. The molecule has 2 N–H and O–H groups in total. The summed E-state index contributed by atoms with van der Waals surface area (Å²) in [4.78, 5) is 0. The van der Waals surface area contributed by atoms with Gasteiger partial charge in [-0.05, 0) is 25.2 Å². The second-order valence-electron chi connectivity index (χ2n) is 3.59. The summed E-state index contributed by atoms with van der Waals surface area (Å²) in [5.41, 5.74) is 0.949. The smallest absolute Gasteiger partial charge is 0.122 e. The van der Waals surface area contributed by atoms with Gasteiger partial charge in [-0.1, -0.05) is 0 Å². The van der Waals surface area contributed by atoms with Crippen LogP contribution in [0.25, 0.3) is 0 Å². The molecule has 4 heteroatoms. The fraction of sp³-hybridized carbons (Fsp3) is 0.500. The molecule has 90 valence electrons. The molecule has 0 bridgehead atoms. The van der Waals surface area contributed by atoms with Gasteiger partial charge in [-0.3, -0.25) is 0 Å². The molecule has 4 nitrogen and oxygen atoms in total. The Hall–Kier alpha value is -1.26. The van der Waals surface area contributed by atoms with E-state index in [0.717, 1.165) is 17.1 Å². The molecule has 0 saturated heterocycles. The minimum atomic E-state index is -0.425. The third-order valence-electron chi connectivity index (χ3n) is 2.38. The van der Waals surface area contributed by atoms with Crippen LogP contribution < -0.4 is 14.8 Å². The highest BCUT2D eigenvalue weighted by molar-refractivity contribution is 5.40. The van der Waals surface area contributed by atoms with Crippen LogP contribution >= 0.6 is 0 Å². The standard InChI is InChI=1S/C12H19NO3/c1-13-8-10(14)6-9-7-11(15-2)4-5-12(9)16-3/h4-5,7,10,13-14H,6,8H2,1-3H3. The minimum Gasteiger partial charge on any atom is -0.497 e. The van der Waals surface area contributed by atoms with Gasteiger partial charge in [0.15, 0.2) is 0 Å². The van der Waals surface area contributed by atoms with Crippen LogP contribution in [0.1, 0.15) is 5.56 Å². The molecule has 0 spiro atoms. The van der Waals surface area contributed by atoms with E-state index in [1.165, 1.54) is 0 Å². The van der Waals surface area contributed by atoms with Crippen molar-refractivity contribution in [2.75, 3.05) is 27.8 Å². The fourth-order valence-electron chi connectivity index (χ4n) is 1.60. The number of benzene rings is 1. The molecule has 1 atom stereocenters. The Labute approximate surface area is 96.2 Å². The molecule has 1 aromatic carbocycles. The summed E-state index contributed by atoms with van der Waals surface area (Å²) in [6, 6.07) is 5.57. The van der Waals surface area contributed by atoms with Crippen LogP contribution in [0.15, 0.2) is 18.2 Å². The molecule has 0 fully saturated rings. The molecule has 0 aliphatic carbocycles. The monoisotopic (exact) mass is 225 g/mol. The van der Waals surface area contributed by atoms with Crippen LogP contribution in [0.4, 0.5) is 0 Å². The number of hydrogen-bond donors (Lipinski definition) is 2. The molecule has 0 aliphatic rings. The van der Waals surface area contributed by atoms with Gasteiger partial charge in [-0.25, -0.2) is 0 Å². The first-order valence-corrected chi connectivity index (χ1v) is 5.24. The largest absolute Gasteiger partial charge is 0.497 e. The number of nitrogens with one attached hydrogen (secondary N) is 1. The van der Waals surface area contributed by atoms with Gasteiger partial charge in [0.05, 0.1) is 20.3 Å². The van der Waals surface area contributed by atoms with E-state index < -0.39 is 6.10 Å². The van der Waals surface area contributed by atoms with Crippen molar-refractivity contribution in [1.82, 2.24) is 5.32 Å². The third-order valence-corrected chi connectivity index (χ3v) is 2.38. The summed E-state index contributed by atoms with van der Waals surface area (Å²) in [7, 11) is 5.05. The second kappa shape index (κ2) is 6.35. The molecule has 1 aromatic rings. The average molecular weight is 225 g/mol. The van der Waals surface area contributed by atoms with Crippen molar-refractivity contribution < 1.29 is 14.6 Å². The summed E-state index contributed by atoms with van der Waals surface area (Å²) >= 11 is 0. The van der Waals surface area contributed by atoms with Crippen LogP contribution in [0, 0.1) is 0 Å². The Kier molecular flexibility index (Phi) is 5.08. The zero-order valence-electron chi connectivity index (χ0n) is 9.99. The number of hydrogen-bond acceptors (Lipinski definition) is 4. The Morgan fingerprint density at radius 1 is 1.31 bits per heavy atom. The zero-order chi connectivity index (χ0) is 12.0. The number of aliphatic hydroxyl groups excluding tert-OH is 1. The lowest BCUT2D eigenvalue weighted by Crippen LogP contribution is -2.25. The molecule has 0 aliphatic heterocycles. The molecular formula is C12H19NO3. The van der Waals surface area contributed by atoms with Gasteiger partial charge < -0.3 is 19.9 Å². The summed E-state index contributed by atoms with van der Waals surface area (Å²) in [6.07, 6.45) is 0.118. The van der Waals surface area contributed by atoms with Crippen molar-refractivity contribution in [2.24, 2.45) is 0 Å². The van der Waals surface area contributed by atoms with Gasteiger partial charge in [0.1, 0.15) is 11.5 Å². The van der Waals surface area contributed by atoms with E-state index >= 15 is 0 Å². The first-order valence-electron chi connectivity index (χ1n) is 5.24. The first-order chi connectivity index (χ1) is 7.71. The van der Waals surface area contributed by atoms with Gasteiger partial charge in [-0.2, -0.15) is 0 Å². The summed E-state index contributed by atoms with van der Waals surface area (Å²) < 4.78 is 10.4. The van der Waals surface area contributed by atoms with Gasteiger partial charge in [0.2, 0.25) is 0 Å². The fourth-order valence-corrected chi connectivity index (χ4v) is 1.60. The van der Waals surface area contributed by atoms with Crippen molar-refractivity contribution in [3.05, 3.63) is 23.8 Å². The lowest BCUT2D eigenvalue weighted by atomic mass is 10.1. The highest BCUT2D eigenvalue weighted by Crippen LogP contribution is 2.24. The van der Waals surface area contributed by atoms with Crippen molar-refractivity contribution in [1.29, 1.82) is 0 Å². The van der Waals surface area contributed by atoms with E-state index in [9.17, 15) is 5.11 Å². The number of likely N-dealkylation sites (N-methyl/N-ethyl adjacent to an activating group) is 1. The highest BCUT2D eigenvalue weighted by atomic mass is 16.5. The molecular weight excluding hydrogens is 206 g/mol. The maximum atomic E-state index is 9.73. The Balaban J connectivity index is 2.82. The van der Waals surface area contributed by atoms with Crippen molar-refractivity contribution in [3.8, 4) is 11.5 Å². The molecule has 0 heterocycles. The third kappa shape index (κ3) is 3.40. The minimum absolute atomic E-state index is 0.425. The van der Waals surface area contributed by atoms with Crippen molar-refractivity contribution in [3.63, 3.8) is 0 Å². The van der Waals surface area contributed by atoms with Crippen LogP contribution in [0.2, 0.25) is 0 Å². The molecule has 0 saturated carbocycles. The van der Waals surface area contributed by atoms with Gasteiger partial charge in [0, 0.05) is 18.5 Å². The molecule has 0 aromatic heterocycles. The number of rotatable bonds is 6. The van der Waals surface area contributed by atoms with Gasteiger partial charge in [-0.15, -0.1) is 0 Å². The topological polar surface area (TPSA) is 50.7 Å². The summed E-state index contributed by atoms with van der Waals surface area (Å²) in [6.45, 7) is 0.556. The highest BCUT2D eigenvalue weighted by Gasteiger charge is 2.10. The maximum absolute atomic E-state index is 9.73. The van der Waals surface area contributed by atoms with Crippen LogP contribution in [0.5, 0.6) is 11.5 Å². The van der Waals surface area contributed by atoms with E-state index in [2.05, 4.69) is 5.32 Å². The van der Waals surface area contributed by atoms with E-state index in [4.69, 9.17) is 9.47 Å². The normalized spacial score (nSPS) is 12.2. The zero-order valence-corrected chi connectivity index (χ0v) is 9.99. The van der Waals surface area contributed by atoms with Gasteiger partial charge >= 0.3 is 0 Å². The van der Waals surface area contributed by atoms with Crippen LogP contribution in [0.3, 0.4) is 0 Å². The van der Waals surface area contributed by atoms with E-state index in [1.807, 2.05) is 25.2 Å². The Morgan fingerprint density at radius 2 is 2.06 bits per heavy atom. The van der Waals surface area contributed by atoms with Crippen molar-refractivity contribution >= 4 is 0 Å². The lowest BCUT2D eigenvalue weighted by Gasteiger charge is -2.14. The molecule has 0 amide bonds. The first kappa shape index (κ1) is 12.8. The van der Waals surface area contributed by atoms with E-state index in [1.54, 1.807) is 14.2 Å². The van der Waals surface area contributed by atoms with Crippen LogP contribution in [-0.4, -0.2) is 39.0 Å². The predicted octanol–water partition coefficient (Wildman–Crippen LogP) is 0.827. The van der Waals surface area contributed by atoms with E-state index in [-0.39, 0.29) is 0 Å². The molecule has 1 rings (SSSR count). The van der Waals surface area contributed by atoms with E-state index in [0.29, 0.717) is 13.0 Å². The summed E-state index contributed by atoms with van der Waals surface area (Å²) in [5.74, 6) is 1.54. The maximum Gasteiger partial charge on any atom is 0.122 e. The summed E-state index contributed by atoms with van der Waals surface area (Å²) in [5, 5.41) is 12.7. The quantitative estimate of drug-likeness (QED) is 0.753. The predicted molar refractivity (Wildman–Crippen MR) is 63.2 cm³/mol. The SMILES string of the molecule is CNCC(O)Cc1cc(OC)ccc1OC. The van der Waals surface area contributed by atoms with Gasteiger partial charge in [0.25, 0.3) is 0 Å². The number of methoxy groups -OCH3 is 2. The molecule has 0 radical (unpaired) electrons. The average Bonchev–Trinajstić information content (AvgIpc) is 2.29. The second-order valence-corrected chi connectivity index (χ2v) is 3.59.